The van der Waals surface area contributed by atoms with Crippen molar-refractivity contribution < 1.29 is 21.6 Å². The second kappa shape index (κ2) is 7.61. The number of amides is 1. The van der Waals surface area contributed by atoms with E-state index in [1.165, 1.54) is 24.3 Å². The van der Waals surface area contributed by atoms with Gasteiger partial charge < -0.3 is 5.32 Å². The molecule has 2 aromatic rings. The molecule has 6 nitrogen and oxygen atoms in total. The van der Waals surface area contributed by atoms with Crippen LogP contribution in [0.15, 0.2) is 53.4 Å². The first-order valence-electron chi connectivity index (χ1n) is 8.24. The summed E-state index contributed by atoms with van der Waals surface area (Å²) in [5, 5.41) is 2.35. The third-order valence-corrected chi connectivity index (χ3v) is 8.84. The van der Waals surface area contributed by atoms with Crippen LogP contribution in [-0.4, -0.2) is 39.5 Å². The number of carbonyl (C=O) groups excluding carboxylic acids is 1. The Balaban J connectivity index is 1.74. The van der Waals surface area contributed by atoms with Gasteiger partial charge in [0.25, 0.3) is 5.91 Å². The van der Waals surface area contributed by atoms with E-state index in [1.807, 2.05) is 0 Å². The van der Waals surface area contributed by atoms with Crippen LogP contribution in [0.4, 0.5) is 0 Å². The van der Waals surface area contributed by atoms with Gasteiger partial charge in [0.2, 0.25) is 0 Å². The molecule has 1 heterocycles. The van der Waals surface area contributed by atoms with Crippen molar-refractivity contribution in [2.75, 3.05) is 11.5 Å². The highest BCUT2D eigenvalue weighted by Gasteiger charge is 2.38. The second-order valence-corrected chi connectivity index (χ2v) is 11.3. The third kappa shape index (κ3) is 4.69. The van der Waals surface area contributed by atoms with Crippen molar-refractivity contribution in [3.63, 3.8) is 0 Å². The third-order valence-electron chi connectivity index (χ3n) is 4.42. The summed E-state index contributed by atoms with van der Waals surface area (Å²) in [7, 11) is -7.13. The summed E-state index contributed by atoms with van der Waals surface area (Å²) in [5.41, 5.74) is 1.05. The Morgan fingerprint density at radius 3 is 2.48 bits per heavy atom. The van der Waals surface area contributed by atoms with E-state index in [-0.39, 0.29) is 34.9 Å². The lowest BCUT2D eigenvalue weighted by Gasteiger charge is -2.11. The average molecular weight is 428 g/mol. The van der Waals surface area contributed by atoms with Crippen molar-refractivity contribution in [2.24, 2.45) is 0 Å². The van der Waals surface area contributed by atoms with Crippen molar-refractivity contribution in [2.45, 2.75) is 23.1 Å². The van der Waals surface area contributed by atoms with Gasteiger partial charge in [-0.25, -0.2) is 16.8 Å². The summed E-state index contributed by atoms with van der Waals surface area (Å²) in [6, 6.07) is 12.7. The average Bonchev–Trinajstić information content (AvgIpc) is 3.02. The van der Waals surface area contributed by atoms with Gasteiger partial charge in [-0.15, -0.1) is 0 Å². The number of hydrogen-bond donors (Lipinski definition) is 1. The Bertz CT molecular complexity index is 1060. The normalized spacial score (nSPS) is 18.9. The highest BCUT2D eigenvalue weighted by molar-refractivity contribution is 7.96. The van der Waals surface area contributed by atoms with E-state index in [1.54, 1.807) is 24.3 Å². The van der Waals surface area contributed by atoms with Crippen LogP contribution in [0.1, 0.15) is 22.3 Å². The fourth-order valence-corrected chi connectivity index (χ4v) is 7.43. The first-order chi connectivity index (χ1) is 12.7. The molecule has 0 saturated carbocycles. The molecule has 27 heavy (non-hydrogen) atoms. The van der Waals surface area contributed by atoms with Gasteiger partial charge in [0.05, 0.1) is 21.7 Å². The molecule has 0 bridgehead atoms. The molecule has 0 aliphatic carbocycles. The van der Waals surface area contributed by atoms with Gasteiger partial charge in [-0.05, 0) is 42.3 Å². The monoisotopic (exact) mass is 427 g/mol. The Morgan fingerprint density at radius 2 is 1.85 bits per heavy atom. The number of halogens is 1. The molecule has 0 spiro atoms. The van der Waals surface area contributed by atoms with E-state index in [9.17, 15) is 21.6 Å². The molecule has 9 heteroatoms. The molecule has 1 aliphatic rings. The summed E-state index contributed by atoms with van der Waals surface area (Å²) in [4.78, 5) is 12.3. The molecule has 0 aromatic heterocycles. The summed E-state index contributed by atoms with van der Waals surface area (Å²) in [5.74, 6) is -0.915. The van der Waals surface area contributed by atoms with Crippen LogP contribution in [0.25, 0.3) is 0 Å². The lowest BCUT2D eigenvalue weighted by molar-refractivity contribution is 0.0950. The summed E-state index contributed by atoms with van der Waals surface area (Å²) < 4.78 is 48.6. The minimum absolute atomic E-state index is 0.0382. The molecule has 1 saturated heterocycles. The summed E-state index contributed by atoms with van der Waals surface area (Å²) >= 11 is 5.82. The Hall–Kier alpha value is -1.90. The van der Waals surface area contributed by atoms with Crippen molar-refractivity contribution in [3.8, 4) is 0 Å². The number of hydrogen-bond acceptors (Lipinski definition) is 5. The van der Waals surface area contributed by atoms with E-state index in [2.05, 4.69) is 5.32 Å². The zero-order chi connectivity index (χ0) is 19.7. The smallest absolute Gasteiger partial charge is 0.251 e. The number of nitrogens with one attached hydrogen (secondary N) is 1. The van der Waals surface area contributed by atoms with Gasteiger partial charge in [0.15, 0.2) is 19.7 Å². The molecule has 1 aliphatic heterocycles. The van der Waals surface area contributed by atoms with E-state index in [0.717, 1.165) is 5.56 Å². The quantitative estimate of drug-likeness (QED) is 0.789. The minimum Gasteiger partial charge on any atom is -0.348 e. The van der Waals surface area contributed by atoms with Crippen LogP contribution in [-0.2, 0) is 26.2 Å². The number of carbonyl (C=O) groups is 1. The first kappa shape index (κ1) is 19.9. The molecule has 1 atom stereocenters. The van der Waals surface area contributed by atoms with Gasteiger partial charge in [0.1, 0.15) is 0 Å². The fraction of sp³-hybridized carbons (Fsp3) is 0.278. The SMILES string of the molecule is O=C(NCc1ccc(Cl)cc1)c1cccc(S(=O)(=O)[C@@H]2CCS(=O)(=O)C2)c1. The molecular weight excluding hydrogens is 410 g/mol. The van der Waals surface area contributed by atoms with Crippen LogP contribution in [0.5, 0.6) is 0 Å². The Labute approximate surface area is 163 Å². The largest absolute Gasteiger partial charge is 0.348 e. The van der Waals surface area contributed by atoms with Crippen molar-refractivity contribution in [3.05, 3.63) is 64.7 Å². The molecule has 0 radical (unpaired) electrons. The molecule has 1 N–H and O–H groups in total. The maximum Gasteiger partial charge on any atom is 0.251 e. The van der Waals surface area contributed by atoms with E-state index in [0.29, 0.717) is 5.02 Å². The van der Waals surface area contributed by atoms with E-state index >= 15 is 0 Å². The van der Waals surface area contributed by atoms with Gasteiger partial charge >= 0.3 is 0 Å². The molecule has 3 rings (SSSR count). The van der Waals surface area contributed by atoms with Gasteiger partial charge in [-0.1, -0.05) is 29.8 Å². The van der Waals surface area contributed by atoms with Crippen LogP contribution >= 0.6 is 11.6 Å². The Morgan fingerprint density at radius 1 is 1.15 bits per heavy atom. The molecule has 2 aromatic carbocycles. The molecule has 1 fully saturated rings. The lowest BCUT2D eigenvalue weighted by atomic mass is 10.2. The fourth-order valence-electron chi connectivity index (χ4n) is 2.90. The van der Waals surface area contributed by atoms with Gasteiger partial charge in [-0.3, -0.25) is 4.79 Å². The number of rotatable bonds is 5. The van der Waals surface area contributed by atoms with Crippen LogP contribution < -0.4 is 5.32 Å². The molecule has 0 unspecified atom stereocenters. The standard InChI is InChI=1S/C18H18ClNO5S2/c19-15-6-4-13(5-7-15)11-20-18(21)14-2-1-3-16(10-14)27(24,25)17-8-9-26(22,23)12-17/h1-7,10,17H,8-9,11-12H2,(H,20,21)/t17-/m1/s1. The van der Waals surface area contributed by atoms with E-state index < -0.39 is 30.8 Å². The highest BCUT2D eigenvalue weighted by Crippen LogP contribution is 2.26. The van der Waals surface area contributed by atoms with Gasteiger partial charge in [0, 0.05) is 17.1 Å². The second-order valence-electron chi connectivity index (χ2n) is 6.41. The number of sulfone groups is 2. The predicted octanol–water partition coefficient (Wildman–Crippen LogP) is 2.23. The summed E-state index contributed by atoms with van der Waals surface area (Å²) in [6.07, 6.45) is 0.0810. The van der Waals surface area contributed by atoms with Crippen molar-refractivity contribution in [1.29, 1.82) is 0 Å². The highest BCUT2D eigenvalue weighted by atomic mass is 35.5. The van der Waals surface area contributed by atoms with E-state index in [4.69, 9.17) is 11.6 Å². The van der Waals surface area contributed by atoms with Crippen LogP contribution in [0.2, 0.25) is 5.02 Å². The molecule has 144 valence electrons. The van der Waals surface area contributed by atoms with Crippen molar-refractivity contribution in [1.82, 2.24) is 5.32 Å². The number of benzene rings is 2. The first-order valence-corrected chi connectivity index (χ1v) is 12.0. The Kier molecular flexibility index (Phi) is 5.60. The minimum atomic E-state index is -3.81. The maximum atomic E-state index is 12.7. The van der Waals surface area contributed by atoms with Gasteiger partial charge in [-0.2, -0.15) is 0 Å². The zero-order valence-corrected chi connectivity index (χ0v) is 16.6. The van der Waals surface area contributed by atoms with Crippen LogP contribution in [0.3, 0.4) is 0 Å². The predicted molar refractivity (Wildman–Crippen MR) is 103 cm³/mol. The zero-order valence-electron chi connectivity index (χ0n) is 14.3. The van der Waals surface area contributed by atoms with Crippen LogP contribution in [0, 0.1) is 0 Å². The molecular formula is C18H18ClNO5S2. The lowest BCUT2D eigenvalue weighted by Crippen LogP contribution is -2.25. The van der Waals surface area contributed by atoms with Crippen molar-refractivity contribution >= 4 is 37.2 Å². The summed E-state index contributed by atoms with van der Waals surface area (Å²) in [6.45, 7) is 0.272. The maximum absolute atomic E-state index is 12.7. The topological polar surface area (TPSA) is 97.4 Å². The molecule has 1 amide bonds.